The number of para-hydroxylation sites is 1. The second kappa shape index (κ2) is 4.87. The van der Waals surface area contributed by atoms with E-state index < -0.39 is 0 Å². The van der Waals surface area contributed by atoms with E-state index in [0.717, 1.165) is 15.7 Å². The normalized spacial score (nSPS) is 15.8. The Morgan fingerprint density at radius 2 is 1.95 bits per heavy atom. The summed E-state index contributed by atoms with van der Waals surface area (Å²) in [4.78, 5) is 13.9. The fraction of sp³-hybridized carbons (Fsp3) is 0.0625. The third-order valence-corrected chi connectivity index (χ3v) is 3.84. The molecular formula is C16H11BrFNO. The van der Waals surface area contributed by atoms with E-state index in [9.17, 15) is 9.18 Å². The SMILES string of the molecule is CN1C(=O)/C(=C\c2cc(Br)ccc2F)c2ccccc21. The maximum absolute atomic E-state index is 13.8. The van der Waals surface area contributed by atoms with Crippen LogP contribution in [0, 0.1) is 5.82 Å². The number of halogens is 2. The monoisotopic (exact) mass is 331 g/mol. The molecule has 2 aromatic rings. The van der Waals surface area contributed by atoms with Crippen molar-refractivity contribution >= 4 is 39.2 Å². The number of amides is 1. The standard InChI is InChI=1S/C16H11BrFNO/c1-19-15-5-3-2-4-12(15)13(16(19)20)9-10-8-11(17)6-7-14(10)18/h2-9H,1H3/b13-9-. The predicted octanol–water partition coefficient (Wildman–Crippen LogP) is 4.11. The van der Waals surface area contributed by atoms with Gasteiger partial charge in [0.05, 0.1) is 5.69 Å². The zero-order valence-corrected chi connectivity index (χ0v) is 12.3. The summed E-state index contributed by atoms with van der Waals surface area (Å²) in [5, 5.41) is 0. The number of hydrogen-bond acceptors (Lipinski definition) is 1. The molecule has 0 aliphatic carbocycles. The van der Waals surface area contributed by atoms with Crippen LogP contribution in [0.3, 0.4) is 0 Å². The van der Waals surface area contributed by atoms with E-state index in [1.807, 2.05) is 24.3 Å². The van der Waals surface area contributed by atoms with Gasteiger partial charge in [0.15, 0.2) is 0 Å². The molecular weight excluding hydrogens is 321 g/mol. The lowest BCUT2D eigenvalue weighted by Crippen LogP contribution is -2.20. The molecule has 3 rings (SSSR count). The molecule has 0 radical (unpaired) electrons. The first-order valence-corrected chi connectivity index (χ1v) is 6.91. The number of carbonyl (C=O) groups is 1. The fourth-order valence-electron chi connectivity index (χ4n) is 2.32. The van der Waals surface area contributed by atoms with Gasteiger partial charge < -0.3 is 4.90 Å². The van der Waals surface area contributed by atoms with Crippen LogP contribution < -0.4 is 4.90 Å². The Labute approximate surface area is 124 Å². The van der Waals surface area contributed by atoms with Gasteiger partial charge in [0.25, 0.3) is 5.91 Å². The van der Waals surface area contributed by atoms with Crippen molar-refractivity contribution in [1.82, 2.24) is 0 Å². The quantitative estimate of drug-likeness (QED) is 0.720. The molecule has 0 fully saturated rings. The summed E-state index contributed by atoms with van der Waals surface area (Å²) in [5.74, 6) is -0.467. The minimum Gasteiger partial charge on any atom is -0.311 e. The first kappa shape index (κ1) is 13.1. The Morgan fingerprint density at radius 1 is 1.20 bits per heavy atom. The number of likely N-dealkylation sites (N-methyl/N-ethyl adjacent to an activating group) is 1. The van der Waals surface area contributed by atoms with E-state index in [-0.39, 0.29) is 11.7 Å². The summed E-state index contributed by atoms with van der Waals surface area (Å²) in [7, 11) is 1.72. The van der Waals surface area contributed by atoms with Crippen LogP contribution in [0.25, 0.3) is 11.6 Å². The molecule has 0 bridgehead atoms. The van der Waals surface area contributed by atoms with Gasteiger partial charge in [-0.3, -0.25) is 4.79 Å². The summed E-state index contributed by atoms with van der Waals surface area (Å²) < 4.78 is 14.6. The van der Waals surface area contributed by atoms with Crippen molar-refractivity contribution in [2.24, 2.45) is 0 Å². The molecule has 100 valence electrons. The van der Waals surface area contributed by atoms with Crippen molar-refractivity contribution < 1.29 is 9.18 Å². The molecule has 2 aromatic carbocycles. The summed E-state index contributed by atoms with van der Waals surface area (Å²) in [5.41, 5.74) is 2.59. The number of rotatable bonds is 1. The van der Waals surface area contributed by atoms with Crippen molar-refractivity contribution in [3.05, 3.63) is 63.9 Å². The number of fused-ring (bicyclic) bond motifs is 1. The maximum atomic E-state index is 13.8. The first-order valence-electron chi connectivity index (χ1n) is 6.12. The van der Waals surface area contributed by atoms with Crippen LogP contribution in [0.4, 0.5) is 10.1 Å². The second-order valence-electron chi connectivity index (χ2n) is 4.61. The van der Waals surface area contributed by atoms with Crippen LogP contribution in [-0.4, -0.2) is 13.0 Å². The summed E-state index contributed by atoms with van der Waals surface area (Å²) in [6, 6.07) is 12.2. The first-order chi connectivity index (χ1) is 9.58. The molecule has 0 spiro atoms. The molecule has 2 nitrogen and oxygen atoms in total. The minimum absolute atomic E-state index is 0.120. The number of hydrogen-bond donors (Lipinski definition) is 0. The summed E-state index contributed by atoms with van der Waals surface area (Å²) in [6.45, 7) is 0. The molecule has 1 aliphatic rings. The molecule has 0 saturated heterocycles. The van der Waals surface area contributed by atoms with Crippen LogP contribution >= 0.6 is 15.9 Å². The lowest BCUT2D eigenvalue weighted by atomic mass is 10.0. The van der Waals surface area contributed by atoms with Gasteiger partial charge in [0.1, 0.15) is 5.82 Å². The zero-order valence-electron chi connectivity index (χ0n) is 10.7. The average Bonchev–Trinajstić information content (AvgIpc) is 2.68. The van der Waals surface area contributed by atoms with Gasteiger partial charge in [-0.2, -0.15) is 0 Å². The molecule has 1 aliphatic heterocycles. The molecule has 4 heteroatoms. The predicted molar refractivity (Wildman–Crippen MR) is 81.8 cm³/mol. The Bertz CT molecular complexity index is 739. The van der Waals surface area contributed by atoms with E-state index in [1.165, 1.54) is 6.07 Å². The van der Waals surface area contributed by atoms with Crippen molar-refractivity contribution in [3.63, 3.8) is 0 Å². The van der Waals surface area contributed by atoms with Crippen molar-refractivity contribution in [3.8, 4) is 0 Å². The van der Waals surface area contributed by atoms with E-state index in [1.54, 1.807) is 30.2 Å². The highest BCUT2D eigenvalue weighted by Crippen LogP contribution is 2.36. The van der Waals surface area contributed by atoms with Gasteiger partial charge in [-0.1, -0.05) is 34.1 Å². The van der Waals surface area contributed by atoms with E-state index in [2.05, 4.69) is 15.9 Å². The topological polar surface area (TPSA) is 20.3 Å². The highest BCUT2D eigenvalue weighted by molar-refractivity contribution is 9.10. The summed E-state index contributed by atoms with van der Waals surface area (Å²) >= 11 is 3.31. The number of anilines is 1. The average molecular weight is 332 g/mol. The molecule has 0 aromatic heterocycles. The molecule has 20 heavy (non-hydrogen) atoms. The van der Waals surface area contributed by atoms with Crippen molar-refractivity contribution in [2.75, 3.05) is 11.9 Å². The van der Waals surface area contributed by atoms with Gasteiger partial charge in [0.2, 0.25) is 0 Å². The Kier molecular flexibility index (Phi) is 3.18. The van der Waals surface area contributed by atoms with Crippen LogP contribution in [0.15, 0.2) is 46.9 Å². The fourth-order valence-corrected chi connectivity index (χ4v) is 2.70. The molecule has 0 atom stereocenters. The van der Waals surface area contributed by atoms with Gasteiger partial charge in [0, 0.05) is 28.2 Å². The highest BCUT2D eigenvalue weighted by Gasteiger charge is 2.29. The highest BCUT2D eigenvalue weighted by atomic mass is 79.9. The Hall–Kier alpha value is -1.94. The number of carbonyl (C=O) groups excluding carboxylic acids is 1. The number of benzene rings is 2. The van der Waals surface area contributed by atoms with Crippen LogP contribution in [0.5, 0.6) is 0 Å². The molecule has 0 saturated carbocycles. The van der Waals surface area contributed by atoms with E-state index in [0.29, 0.717) is 11.1 Å². The van der Waals surface area contributed by atoms with Gasteiger partial charge in [-0.05, 0) is 30.3 Å². The molecule has 1 amide bonds. The zero-order chi connectivity index (χ0) is 14.3. The minimum atomic E-state index is -0.347. The van der Waals surface area contributed by atoms with Crippen molar-refractivity contribution in [1.29, 1.82) is 0 Å². The smallest absolute Gasteiger partial charge is 0.258 e. The van der Waals surface area contributed by atoms with Crippen LogP contribution in [-0.2, 0) is 4.79 Å². The lowest BCUT2D eigenvalue weighted by Gasteiger charge is -2.08. The van der Waals surface area contributed by atoms with Crippen LogP contribution in [0.1, 0.15) is 11.1 Å². The van der Waals surface area contributed by atoms with Crippen molar-refractivity contribution in [2.45, 2.75) is 0 Å². The van der Waals surface area contributed by atoms with Crippen LogP contribution in [0.2, 0.25) is 0 Å². The second-order valence-corrected chi connectivity index (χ2v) is 5.52. The van der Waals surface area contributed by atoms with E-state index in [4.69, 9.17) is 0 Å². The summed E-state index contributed by atoms with van der Waals surface area (Å²) in [6.07, 6.45) is 1.60. The lowest BCUT2D eigenvalue weighted by molar-refractivity contribution is -0.112. The third-order valence-electron chi connectivity index (χ3n) is 3.35. The maximum Gasteiger partial charge on any atom is 0.258 e. The largest absolute Gasteiger partial charge is 0.311 e. The molecule has 1 heterocycles. The van der Waals surface area contributed by atoms with Gasteiger partial charge in [-0.15, -0.1) is 0 Å². The molecule has 0 unspecified atom stereocenters. The molecule has 0 N–H and O–H groups in total. The van der Waals surface area contributed by atoms with Gasteiger partial charge >= 0.3 is 0 Å². The number of nitrogens with zero attached hydrogens (tertiary/aromatic N) is 1. The van der Waals surface area contributed by atoms with Gasteiger partial charge in [-0.25, -0.2) is 4.39 Å². The Morgan fingerprint density at radius 3 is 2.75 bits per heavy atom. The van der Waals surface area contributed by atoms with E-state index >= 15 is 0 Å². The third kappa shape index (κ3) is 2.06. The Balaban J connectivity index is 2.17.